The van der Waals surface area contributed by atoms with E-state index >= 15 is 0 Å². The fraction of sp³-hybridized carbons (Fsp3) is 0.538. The summed E-state index contributed by atoms with van der Waals surface area (Å²) in [7, 11) is 0. The number of nitrogens with zero attached hydrogens (tertiary/aromatic N) is 5. The number of aromatic nitrogens is 4. The Morgan fingerprint density at radius 3 is 2.61 bits per heavy atom. The van der Waals surface area contributed by atoms with E-state index in [1.54, 1.807) is 5.51 Å². The summed E-state index contributed by atoms with van der Waals surface area (Å²) in [4.78, 5) is 17.3. The van der Waals surface area contributed by atoms with E-state index in [1.807, 2.05) is 0 Å². The van der Waals surface area contributed by atoms with Gasteiger partial charge in [-0.1, -0.05) is 11.3 Å². The molecule has 0 aliphatic carbocycles. The van der Waals surface area contributed by atoms with Crippen LogP contribution in [0.2, 0.25) is 0 Å². The molecule has 1 aliphatic heterocycles. The van der Waals surface area contributed by atoms with Gasteiger partial charge in [-0.25, -0.2) is 4.98 Å². The topological polar surface area (TPSA) is 63.9 Å². The molecule has 1 fully saturated rings. The minimum Gasteiger partial charge on any atom is -0.347 e. The molecule has 0 spiro atoms. The molecule has 1 aliphatic rings. The summed E-state index contributed by atoms with van der Waals surface area (Å²) < 4.78 is 38.8. The monoisotopic (exact) mass is 345 g/mol. The van der Waals surface area contributed by atoms with Crippen LogP contribution < -0.4 is 10.5 Å². The molecule has 10 heteroatoms. The molecular formula is C13H14F3N5OS. The first-order valence-corrected chi connectivity index (χ1v) is 7.96. The predicted molar refractivity (Wildman–Crippen MR) is 78.3 cm³/mol. The maximum absolute atomic E-state index is 12.5. The Labute approximate surface area is 133 Å². The Morgan fingerprint density at radius 2 is 2.04 bits per heavy atom. The number of hydrogen-bond acceptors (Lipinski definition) is 6. The zero-order valence-corrected chi connectivity index (χ0v) is 12.8. The van der Waals surface area contributed by atoms with Crippen LogP contribution in [0.4, 0.5) is 18.3 Å². The van der Waals surface area contributed by atoms with Gasteiger partial charge in [0.15, 0.2) is 5.69 Å². The molecule has 3 heterocycles. The maximum Gasteiger partial charge on any atom is 0.433 e. The molecule has 6 nitrogen and oxygen atoms in total. The molecule has 124 valence electrons. The number of anilines is 1. The van der Waals surface area contributed by atoms with Gasteiger partial charge in [0.05, 0.1) is 6.33 Å². The van der Waals surface area contributed by atoms with E-state index in [0.29, 0.717) is 12.6 Å². The second kappa shape index (κ2) is 6.26. The number of piperidine rings is 1. The highest BCUT2D eigenvalue weighted by Gasteiger charge is 2.33. The maximum atomic E-state index is 12.5. The minimum absolute atomic E-state index is 0.232. The van der Waals surface area contributed by atoms with Gasteiger partial charge in [-0.3, -0.25) is 9.36 Å². The van der Waals surface area contributed by atoms with Crippen LogP contribution in [-0.4, -0.2) is 32.8 Å². The third kappa shape index (κ3) is 3.69. The molecule has 23 heavy (non-hydrogen) atoms. The highest BCUT2D eigenvalue weighted by Crippen LogP contribution is 2.27. The minimum atomic E-state index is -4.59. The number of halogens is 3. The first-order valence-electron chi connectivity index (χ1n) is 7.08. The van der Waals surface area contributed by atoms with Crippen molar-refractivity contribution in [3.05, 3.63) is 34.0 Å². The fourth-order valence-corrected chi connectivity index (χ4v) is 3.22. The van der Waals surface area contributed by atoms with Gasteiger partial charge >= 0.3 is 6.18 Å². The molecule has 0 N–H and O–H groups in total. The van der Waals surface area contributed by atoms with Gasteiger partial charge in [0.2, 0.25) is 5.13 Å². The molecule has 0 aromatic carbocycles. The Morgan fingerprint density at radius 1 is 1.30 bits per heavy atom. The van der Waals surface area contributed by atoms with Crippen molar-refractivity contribution in [3.8, 4) is 0 Å². The summed E-state index contributed by atoms with van der Waals surface area (Å²) in [5, 5.41) is 8.70. The molecule has 0 saturated carbocycles. The van der Waals surface area contributed by atoms with Crippen LogP contribution in [0.3, 0.4) is 0 Å². The van der Waals surface area contributed by atoms with Crippen LogP contribution in [-0.2, 0) is 12.7 Å². The lowest BCUT2D eigenvalue weighted by Gasteiger charge is -2.31. The molecule has 0 radical (unpaired) electrons. The van der Waals surface area contributed by atoms with Crippen LogP contribution in [0.1, 0.15) is 18.5 Å². The molecule has 0 amide bonds. The van der Waals surface area contributed by atoms with E-state index in [-0.39, 0.29) is 5.92 Å². The summed E-state index contributed by atoms with van der Waals surface area (Å²) in [6, 6.07) is 0.552. The van der Waals surface area contributed by atoms with Gasteiger partial charge in [0.25, 0.3) is 5.56 Å². The van der Waals surface area contributed by atoms with Crippen LogP contribution in [0.15, 0.2) is 22.7 Å². The zero-order chi connectivity index (χ0) is 16.4. The molecule has 2 aromatic rings. The molecular weight excluding hydrogens is 331 g/mol. The van der Waals surface area contributed by atoms with Crippen LogP contribution in [0.25, 0.3) is 0 Å². The lowest BCUT2D eigenvalue weighted by atomic mass is 9.97. The standard InChI is InChI=1S/C13H14F3N5OS/c14-13(15,16)10-5-11(22)21(7-17-10)6-9-1-3-20(4-2-9)12-19-18-8-23-12/h5,7-9H,1-4,6H2. The van der Waals surface area contributed by atoms with E-state index in [4.69, 9.17) is 0 Å². The Hall–Kier alpha value is -1.97. The van der Waals surface area contributed by atoms with Crippen molar-refractivity contribution in [2.24, 2.45) is 5.92 Å². The van der Waals surface area contributed by atoms with E-state index < -0.39 is 17.4 Å². The number of alkyl halides is 3. The van der Waals surface area contributed by atoms with Gasteiger partial charge in [-0.2, -0.15) is 13.2 Å². The van der Waals surface area contributed by atoms with Gasteiger partial charge in [-0.05, 0) is 18.8 Å². The first kappa shape index (κ1) is 15.9. The van der Waals surface area contributed by atoms with Gasteiger partial charge in [0, 0.05) is 25.7 Å². The molecule has 0 unspecified atom stereocenters. The fourth-order valence-electron chi connectivity index (χ4n) is 2.61. The largest absolute Gasteiger partial charge is 0.433 e. The van der Waals surface area contributed by atoms with Crippen molar-refractivity contribution in [3.63, 3.8) is 0 Å². The van der Waals surface area contributed by atoms with Crippen LogP contribution in [0.5, 0.6) is 0 Å². The van der Waals surface area contributed by atoms with Crippen molar-refractivity contribution in [1.29, 1.82) is 0 Å². The number of rotatable bonds is 3. The highest BCUT2D eigenvalue weighted by atomic mass is 32.1. The molecule has 0 atom stereocenters. The summed E-state index contributed by atoms with van der Waals surface area (Å²) >= 11 is 1.47. The average Bonchev–Trinajstić information content (AvgIpc) is 3.03. The second-order valence-electron chi connectivity index (χ2n) is 5.41. The Balaban J connectivity index is 1.62. The predicted octanol–water partition coefficient (Wildman–Crippen LogP) is 2.03. The van der Waals surface area contributed by atoms with Gasteiger partial charge in [0.1, 0.15) is 5.51 Å². The van der Waals surface area contributed by atoms with Crippen molar-refractivity contribution < 1.29 is 13.2 Å². The SMILES string of the molecule is O=c1cc(C(F)(F)F)ncn1CC1CCN(c2nncs2)CC1. The molecule has 3 rings (SSSR count). The van der Waals surface area contributed by atoms with E-state index in [2.05, 4.69) is 20.1 Å². The molecule has 0 bridgehead atoms. The van der Waals surface area contributed by atoms with Crippen molar-refractivity contribution in [1.82, 2.24) is 19.7 Å². The smallest absolute Gasteiger partial charge is 0.347 e. The quantitative estimate of drug-likeness (QED) is 0.852. The van der Waals surface area contributed by atoms with Crippen molar-refractivity contribution >= 4 is 16.5 Å². The van der Waals surface area contributed by atoms with Crippen LogP contribution in [0, 0.1) is 5.92 Å². The van der Waals surface area contributed by atoms with Crippen molar-refractivity contribution in [2.75, 3.05) is 18.0 Å². The third-order valence-corrected chi connectivity index (χ3v) is 4.61. The average molecular weight is 345 g/mol. The molecule has 2 aromatic heterocycles. The van der Waals surface area contributed by atoms with Gasteiger partial charge < -0.3 is 4.90 Å². The first-order chi connectivity index (χ1) is 10.9. The summed E-state index contributed by atoms with van der Waals surface area (Å²) in [5.41, 5.74) is -0.141. The zero-order valence-electron chi connectivity index (χ0n) is 12.0. The second-order valence-corrected chi connectivity index (χ2v) is 6.23. The normalized spacial score (nSPS) is 16.7. The lowest BCUT2D eigenvalue weighted by Crippen LogP contribution is -2.36. The Bertz CT molecular complexity index is 707. The Kier molecular flexibility index (Phi) is 4.33. The summed E-state index contributed by atoms with van der Waals surface area (Å²) in [6.07, 6.45) is -1.92. The van der Waals surface area contributed by atoms with E-state index in [0.717, 1.165) is 37.4 Å². The van der Waals surface area contributed by atoms with Gasteiger partial charge in [-0.15, -0.1) is 10.2 Å². The van der Waals surface area contributed by atoms with Crippen molar-refractivity contribution in [2.45, 2.75) is 25.6 Å². The van der Waals surface area contributed by atoms with Crippen LogP contribution >= 0.6 is 11.3 Å². The number of hydrogen-bond donors (Lipinski definition) is 0. The summed E-state index contributed by atoms with van der Waals surface area (Å²) in [5.74, 6) is 0.232. The highest BCUT2D eigenvalue weighted by molar-refractivity contribution is 7.13. The third-order valence-electron chi connectivity index (χ3n) is 3.86. The van der Waals surface area contributed by atoms with E-state index in [9.17, 15) is 18.0 Å². The lowest BCUT2D eigenvalue weighted by molar-refractivity contribution is -0.141. The molecule has 1 saturated heterocycles. The summed E-state index contributed by atoms with van der Waals surface area (Å²) in [6.45, 7) is 1.97. The van der Waals surface area contributed by atoms with E-state index in [1.165, 1.54) is 15.9 Å².